The SMILES string of the molecule is Cc1nc(NCCNC(=O)Cn2cnc(C3CC3)cc2=O)cc(N2CCCC2)n1. The van der Waals surface area contributed by atoms with Gasteiger partial charge in [0.25, 0.3) is 5.56 Å². The number of rotatable bonds is 8. The van der Waals surface area contributed by atoms with E-state index in [-0.39, 0.29) is 18.0 Å². The molecular formula is C20H27N7O2. The van der Waals surface area contributed by atoms with Crippen molar-refractivity contribution >= 4 is 17.5 Å². The van der Waals surface area contributed by atoms with E-state index in [0.717, 1.165) is 49.1 Å². The van der Waals surface area contributed by atoms with Gasteiger partial charge in [-0.05, 0) is 32.6 Å². The van der Waals surface area contributed by atoms with E-state index in [1.165, 1.54) is 23.7 Å². The van der Waals surface area contributed by atoms with E-state index in [2.05, 4.69) is 30.5 Å². The lowest BCUT2D eigenvalue weighted by molar-refractivity contribution is -0.121. The summed E-state index contributed by atoms with van der Waals surface area (Å²) in [6.45, 7) is 4.89. The van der Waals surface area contributed by atoms with Gasteiger partial charge in [-0.25, -0.2) is 15.0 Å². The van der Waals surface area contributed by atoms with Crippen LogP contribution >= 0.6 is 0 Å². The summed E-state index contributed by atoms with van der Waals surface area (Å²) in [6.07, 6.45) is 6.04. The first kappa shape index (κ1) is 19.4. The smallest absolute Gasteiger partial charge is 0.254 e. The Hall–Kier alpha value is -2.97. The van der Waals surface area contributed by atoms with Crippen molar-refractivity contribution in [2.45, 2.75) is 45.1 Å². The average molecular weight is 397 g/mol. The Morgan fingerprint density at radius 2 is 1.97 bits per heavy atom. The summed E-state index contributed by atoms with van der Waals surface area (Å²) in [6, 6.07) is 3.49. The van der Waals surface area contributed by atoms with Gasteiger partial charge in [0.1, 0.15) is 24.0 Å². The number of nitrogens with zero attached hydrogens (tertiary/aromatic N) is 5. The number of anilines is 2. The van der Waals surface area contributed by atoms with Gasteiger partial charge < -0.3 is 15.5 Å². The molecule has 29 heavy (non-hydrogen) atoms. The molecule has 1 aliphatic heterocycles. The van der Waals surface area contributed by atoms with Crippen molar-refractivity contribution < 1.29 is 4.79 Å². The molecular weight excluding hydrogens is 370 g/mol. The molecule has 0 spiro atoms. The molecule has 9 nitrogen and oxygen atoms in total. The third-order valence-corrected chi connectivity index (χ3v) is 5.22. The zero-order valence-corrected chi connectivity index (χ0v) is 16.7. The molecule has 0 radical (unpaired) electrons. The molecule has 1 amide bonds. The summed E-state index contributed by atoms with van der Waals surface area (Å²) in [5, 5.41) is 6.05. The molecule has 2 aliphatic rings. The average Bonchev–Trinajstić information content (AvgIpc) is 3.40. The van der Waals surface area contributed by atoms with Crippen molar-refractivity contribution in [3.8, 4) is 0 Å². The Labute approximate surface area is 169 Å². The number of amides is 1. The fourth-order valence-electron chi connectivity index (χ4n) is 3.51. The van der Waals surface area contributed by atoms with Gasteiger partial charge in [-0.1, -0.05) is 0 Å². The molecule has 2 aromatic rings. The summed E-state index contributed by atoms with van der Waals surface area (Å²) < 4.78 is 1.34. The summed E-state index contributed by atoms with van der Waals surface area (Å²) in [4.78, 5) is 39.7. The second-order valence-corrected chi connectivity index (χ2v) is 7.68. The van der Waals surface area contributed by atoms with Crippen LogP contribution in [0, 0.1) is 6.92 Å². The van der Waals surface area contributed by atoms with Crippen molar-refractivity contribution in [3.63, 3.8) is 0 Å². The summed E-state index contributed by atoms with van der Waals surface area (Å²) in [7, 11) is 0. The Bertz CT molecular complexity index is 933. The van der Waals surface area contributed by atoms with Crippen LogP contribution in [0.3, 0.4) is 0 Å². The molecule has 2 fully saturated rings. The number of carbonyl (C=O) groups is 1. The number of carbonyl (C=O) groups excluding carboxylic acids is 1. The van der Waals surface area contributed by atoms with Gasteiger partial charge in [0.15, 0.2) is 0 Å². The molecule has 0 unspecified atom stereocenters. The second-order valence-electron chi connectivity index (χ2n) is 7.68. The van der Waals surface area contributed by atoms with Crippen molar-refractivity contribution in [2.24, 2.45) is 0 Å². The molecule has 2 N–H and O–H groups in total. The second kappa shape index (κ2) is 8.59. The van der Waals surface area contributed by atoms with Crippen LogP contribution in [-0.4, -0.2) is 51.6 Å². The Kier molecular flexibility index (Phi) is 5.73. The lowest BCUT2D eigenvalue weighted by Crippen LogP contribution is -2.35. The van der Waals surface area contributed by atoms with Crippen molar-refractivity contribution in [2.75, 3.05) is 36.4 Å². The van der Waals surface area contributed by atoms with Crippen molar-refractivity contribution in [3.05, 3.63) is 40.3 Å². The Morgan fingerprint density at radius 3 is 2.69 bits per heavy atom. The molecule has 0 bridgehead atoms. The van der Waals surface area contributed by atoms with E-state index in [4.69, 9.17) is 0 Å². The minimum absolute atomic E-state index is 0.0253. The van der Waals surface area contributed by atoms with E-state index >= 15 is 0 Å². The largest absolute Gasteiger partial charge is 0.368 e. The van der Waals surface area contributed by atoms with E-state index < -0.39 is 0 Å². The molecule has 0 atom stereocenters. The zero-order valence-electron chi connectivity index (χ0n) is 16.7. The molecule has 0 aromatic carbocycles. The number of hydrogen-bond donors (Lipinski definition) is 2. The van der Waals surface area contributed by atoms with Gasteiger partial charge in [-0.3, -0.25) is 14.2 Å². The third kappa shape index (κ3) is 5.10. The fraction of sp³-hybridized carbons (Fsp3) is 0.550. The minimum Gasteiger partial charge on any atom is -0.368 e. The molecule has 2 aromatic heterocycles. The van der Waals surface area contributed by atoms with Crippen LogP contribution in [0.4, 0.5) is 11.6 Å². The highest BCUT2D eigenvalue weighted by Gasteiger charge is 2.25. The monoisotopic (exact) mass is 397 g/mol. The molecule has 3 heterocycles. The van der Waals surface area contributed by atoms with Crippen molar-refractivity contribution in [1.29, 1.82) is 0 Å². The number of nitrogens with one attached hydrogen (secondary N) is 2. The molecule has 4 rings (SSSR count). The normalized spacial score (nSPS) is 16.1. The quantitative estimate of drug-likeness (QED) is 0.642. The first-order valence-corrected chi connectivity index (χ1v) is 10.3. The first-order valence-electron chi connectivity index (χ1n) is 10.3. The predicted octanol–water partition coefficient (Wildman–Crippen LogP) is 1.05. The Balaban J connectivity index is 1.24. The van der Waals surface area contributed by atoms with Gasteiger partial charge in [0.05, 0.1) is 12.0 Å². The first-order chi connectivity index (χ1) is 14.1. The van der Waals surface area contributed by atoms with Crippen LogP contribution in [0.1, 0.15) is 43.1 Å². The highest BCUT2D eigenvalue weighted by Crippen LogP contribution is 2.38. The van der Waals surface area contributed by atoms with Crippen LogP contribution < -0.4 is 21.1 Å². The van der Waals surface area contributed by atoms with Crippen LogP contribution in [0.25, 0.3) is 0 Å². The van der Waals surface area contributed by atoms with Crippen LogP contribution in [0.5, 0.6) is 0 Å². The molecule has 1 aliphatic carbocycles. The number of hydrogen-bond acceptors (Lipinski definition) is 7. The van der Waals surface area contributed by atoms with Crippen LogP contribution in [0.2, 0.25) is 0 Å². The van der Waals surface area contributed by atoms with E-state index in [0.29, 0.717) is 19.0 Å². The van der Waals surface area contributed by atoms with E-state index in [9.17, 15) is 9.59 Å². The topological polar surface area (TPSA) is 105 Å². The summed E-state index contributed by atoms with van der Waals surface area (Å²) >= 11 is 0. The third-order valence-electron chi connectivity index (χ3n) is 5.22. The zero-order chi connectivity index (χ0) is 20.2. The standard InChI is InChI=1S/C20H27N7O2/c1-14-24-17(11-18(25-14)26-8-2-3-9-26)21-6-7-22-19(28)12-27-13-23-16(10-20(27)29)15-4-5-15/h10-11,13,15H,2-9,12H2,1H3,(H,22,28)(H,21,24,25). The fourth-order valence-corrected chi connectivity index (χ4v) is 3.51. The van der Waals surface area contributed by atoms with Gasteiger partial charge >= 0.3 is 0 Å². The molecule has 1 saturated carbocycles. The number of aryl methyl sites for hydroxylation is 1. The number of aromatic nitrogens is 4. The van der Waals surface area contributed by atoms with E-state index in [1.807, 2.05) is 13.0 Å². The predicted molar refractivity (Wildman–Crippen MR) is 110 cm³/mol. The summed E-state index contributed by atoms with van der Waals surface area (Å²) in [5.74, 6) is 2.63. The summed E-state index contributed by atoms with van der Waals surface area (Å²) in [5.41, 5.74) is 0.658. The van der Waals surface area contributed by atoms with Gasteiger partial charge in [-0.2, -0.15) is 0 Å². The van der Waals surface area contributed by atoms with Crippen LogP contribution in [-0.2, 0) is 11.3 Å². The maximum atomic E-state index is 12.1. The molecule has 154 valence electrons. The Morgan fingerprint density at radius 1 is 1.17 bits per heavy atom. The maximum absolute atomic E-state index is 12.1. The molecule has 9 heteroatoms. The highest BCUT2D eigenvalue weighted by molar-refractivity contribution is 5.75. The molecule has 1 saturated heterocycles. The van der Waals surface area contributed by atoms with E-state index in [1.54, 1.807) is 6.07 Å². The lowest BCUT2D eigenvalue weighted by Gasteiger charge is -2.17. The highest BCUT2D eigenvalue weighted by atomic mass is 16.2. The maximum Gasteiger partial charge on any atom is 0.254 e. The van der Waals surface area contributed by atoms with Gasteiger partial charge in [0, 0.05) is 44.2 Å². The van der Waals surface area contributed by atoms with Crippen LogP contribution in [0.15, 0.2) is 23.3 Å². The van der Waals surface area contributed by atoms with Gasteiger partial charge in [-0.15, -0.1) is 0 Å². The van der Waals surface area contributed by atoms with Crippen molar-refractivity contribution in [1.82, 2.24) is 24.8 Å². The minimum atomic E-state index is -0.216. The van der Waals surface area contributed by atoms with Gasteiger partial charge in [0.2, 0.25) is 5.91 Å². The lowest BCUT2D eigenvalue weighted by atomic mass is 10.3.